The van der Waals surface area contributed by atoms with Crippen molar-refractivity contribution in [2.24, 2.45) is 11.8 Å². The van der Waals surface area contributed by atoms with Gasteiger partial charge in [-0.1, -0.05) is 13.8 Å². The lowest BCUT2D eigenvalue weighted by atomic mass is 9.83. The van der Waals surface area contributed by atoms with Crippen LogP contribution in [0.4, 0.5) is 0 Å². The summed E-state index contributed by atoms with van der Waals surface area (Å²) in [6.07, 6.45) is 2.46. The first-order chi connectivity index (χ1) is 7.90. The highest BCUT2D eigenvalue weighted by molar-refractivity contribution is 5.78. The Hall–Kier alpha value is -0.570. The summed E-state index contributed by atoms with van der Waals surface area (Å²) in [6.45, 7) is 12.5. The van der Waals surface area contributed by atoms with Crippen molar-refractivity contribution in [2.45, 2.75) is 59.5 Å². The van der Waals surface area contributed by atoms with E-state index in [1.165, 1.54) is 12.8 Å². The summed E-state index contributed by atoms with van der Waals surface area (Å²) < 4.78 is 0. The molecule has 1 saturated heterocycles. The van der Waals surface area contributed by atoms with Crippen LogP contribution in [0, 0.1) is 11.8 Å². The number of likely N-dealkylation sites (tertiary alicyclic amines) is 1. The van der Waals surface area contributed by atoms with E-state index < -0.39 is 0 Å². The predicted octanol–water partition coefficient (Wildman–Crippen LogP) is 2.27. The lowest BCUT2D eigenvalue weighted by molar-refractivity contribution is -0.123. The molecule has 2 atom stereocenters. The van der Waals surface area contributed by atoms with Gasteiger partial charge in [-0.25, -0.2) is 0 Å². The molecule has 100 valence electrons. The van der Waals surface area contributed by atoms with Gasteiger partial charge in [-0.05, 0) is 52.0 Å². The molecule has 1 rings (SSSR count). The average molecular weight is 240 g/mol. The van der Waals surface area contributed by atoms with Crippen LogP contribution in [-0.4, -0.2) is 36.0 Å². The van der Waals surface area contributed by atoms with Crippen molar-refractivity contribution < 1.29 is 4.79 Å². The third-order valence-corrected chi connectivity index (χ3v) is 3.79. The minimum absolute atomic E-state index is 0.162. The highest BCUT2D eigenvalue weighted by atomic mass is 16.2. The predicted molar refractivity (Wildman–Crippen MR) is 71.9 cm³/mol. The van der Waals surface area contributed by atoms with Gasteiger partial charge in [0.2, 0.25) is 5.91 Å². The van der Waals surface area contributed by atoms with Gasteiger partial charge in [-0.3, -0.25) is 9.69 Å². The number of nitrogens with one attached hydrogen (secondary N) is 1. The Morgan fingerprint density at radius 3 is 2.47 bits per heavy atom. The molecule has 0 bridgehead atoms. The Kier molecular flexibility index (Phi) is 5.44. The van der Waals surface area contributed by atoms with Crippen LogP contribution in [0.5, 0.6) is 0 Å². The molecule has 0 aromatic carbocycles. The van der Waals surface area contributed by atoms with Crippen LogP contribution >= 0.6 is 0 Å². The molecule has 0 spiro atoms. The van der Waals surface area contributed by atoms with Gasteiger partial charge in [0.05, 0.1) is 6.54 Å². The monoisotopic (exact) mass is 240 g/mol. The number of hydrogen-bond acceptors (Lipinski definition) is 2. The van der Waals surface area contributed by atoms with Crippen molar-refractivity contribution in [3.63, 3.8) is 0 Å². The van der Waals surface area contributed by atoms with Gasteiger partial charge in [0, 0.05) is 12.1 Å². The minimum Gasteiger partial charge on any atom is -0.353 e. The molecule has 1 aliphatic rings. The van der Waals surface area contributed by atoms with Gasteiger partial charge < -0.3 is 5.32 Å². The summed E-state index contributed by atoms with van der Waals surface area (Å²) in [7, 11) is 0. The third-order valence-electron chi connectivity index (χ3n) is 3.79. The summed E-state index contributed by atoms with van der Waals surface area (Å²) in [5.74, 6) is 1.76. The fourth-order valence-corrected chi connectivity index (χ4v) is 2.65. The van der Waals surface area contributed by atoms with Crippen molar-refractivity contribution in [1.29, 1.82) is 0 Å². The lowest BCUT2D eigenvalue weighted by Crippen LogP contribution is -2.47. The van der Waals surface area contributed by atoms with E-state index in [1.54, 1.807) is 0 Å². The number of nitrogens with zero attached hydrogens (tertiary/aromatic N) is 1. The quantitative estimate of drug-likeness (QED) is 0.817. The van der Waals surface area contributed by atoms with E-state index in [4.69, 9.17) is 0 Å². The van der Waals surface area contributed by atoms with Crippen LogP contribution in [0.1, 0.15) is 47.5 Å². The third kappa shape index (κ3) is 4.66. The molecule has 17 heavy (non-hydrogen) atoms. The van der Waals surface area contributed by atoms with E-state index >= 15 is 0 Å². The minimum atomic E-state index is 0.162. The zero-order valence-corrected chi connectivity index (χ0v) is 12.0. The Balaban J connectivity index is 2.39. The zero-order chi connectivity index (χ0) is 13.0. The number of hydrogen-bond donors (Lipinski definition) is 1. The van der Waals surface area contributed by atoms with Crippen molar-refractivity contribution in [3.05, 3.63) is 0 Å². The number of amides is 1. The first-order valence-corrected chi connectivity index (χ1v) is 6.93. The summed E-state index contributed by atoms with van der Waals surface area (Å²) in [5.41, 5.74) is 0. The first kappa shape index (κ1) is 14.5. The van der Waals surface area contributed by atoms with E-state index in [9.17, 15) is 4.79 Å². The molecular weight excluding hydrogens is 212 g/mol. The normalized spacial score (nSPS) is 26.5. The maximum Gasteiger partial charge on any atom is 0.234 e. The molecule has 0 saturated carbocycles. The molecule has 1 heterocycles. The fraction of sp³-hybridized carbons (Fsp3) is 0.929. The lowest BCUT2D eigenvalue weighted by Gasteiger charge is -2.38. The van der Waals surface area contributed by atoms with E-state index in [0.717, 1.165) is 18.4 Å². The number of carbonyl (C=O) groups is 1. The first-order valence-electron chi connectivity index (χ1n) is 6.93. The maximum atomic E-state index is 11.7. The van der Waals surface area contributed by atoms with Crippen LogP contribution in [-0.2, 0) is 4.79 Å². The second-order valence-electron chi connectivity index (χ2n) is 6.07. The van der Waals surface area contributed by atoms with Gasteiger partial charge in [-0.2, -0.15) is 0 Å². The second kappa shape index (κ2) is 6.39. The van der Waals surface area contributed by atoms with E-state index in [0.29, 0.717) is 12.6 Å². The number of rotatable bonds is 4. The molecule has 0 aliphatic carbocycles. The van der Waals surface area contributed by atoms with Crippen LogP contribution in [0.15, 0.2) is 0 Å². The van der Waals surface area contributed by atoms with Crippen molar-refractivity contribution in [1.82, 2.24) is 10.2 Å². The Morgan fingerprint density at radius 2 is 2.00 bits per heavy atom. The molecule has 3 nitrogen and oxygen atoms in total. The largest absolute Gasteiger partial charge is 0.353 e. The molecule has 1 fully saturated rings. The second-order valence-corrected chi connectivity index (χ2v) is 6.07. The highest BCUT2D eigenvalue weighted by Gasteiger charge is 2.28. The van der Waals surface area contributed by atoms with Gasteiger partial charge >= 0.3 is 0 Å². The Bertz CT molecular complexity index is 251. The molecule has 1 amide bonds. The van der Waals surface area contributed by atoms with Crippen LogP contribution in [0.3, 0.4) is 0 Å². The molecule has 0 radical (unpaired) electrons. The molecule has 2 unspecified atom stereocenters. The summed E-state index contributed by atoms with van der Waals surface area (Å²) in [4.78, 5) is 14.0. The molecule has 3 heteroatoms. The van der Waals surface area contributed by atoms with Gasteiger partial charge in [-0.15, -0.1) is 0 Å². The summed E-state index contributed by atoms with van der Waals surface area (Å²) >= 11 is 0. The van der Waals surface area contributed by atoms with Gasteiger partial charge in [0.25, 0.3) is 0 Å². The summed E-state index contributed by atoms with van der Waals surface area (Å²) in [6, 6.07) is 0.778. The molecule has 0 aromatic heterocycles. The number of piperidine rings is 1. The summed E-state index contributed by atoms with van der Waals surface area (Å²) in [5, 5.41) is 2.96. The zero-order valence-electron chi connectivity index (χ0n) is 12.0. The van der Waals surface area contributed by atoms with Crippen molar-refractivity contribution >= 4 is 5.91 Å². The standard InChI is InChI=1S/C14H28N2O/c1-10(2)13-6-7-16(12(5)8-13)9-14(17)15-11(3)4/h10-13H,6-9H2,1-5H3,(H,15,17). The van der Waals surface area contributed by atoms with Gasteiger partial charge in [0.15, 0.2) is 0 Å². The SMILES string of the molecule is CC(C)NC(=O)CN1CCC(C(C)C)CC1C. The fourth-order valence-electron chi connectivity index (χ4n) is 2.65. The maximum absolute atomic E-state index is 11.7. The Morgan fingerprint density at radius 1 is 1.35 bits per heavy atom. The van der Waals surface area contributed by atoms with Crippen LogP contribution in [0.2, 0.25) is 0 Å². The van der Waals surface area contributed by atoms with E-state index in [2.05, 4.69) is 31.0 Å². The van der Waals surface area contributed by atoms with Crippen LogP contribution < -0.4 is 5.32 Å². The Labute approximate surface area is 106 Å². The van der Waals surface area contributed by atoms with Crippen LogP contribution in [0.25, 0.3) is 0 Å². The highest BCUT2D eigenvalue weighted by Crippen LogP contribution is 2.28. The molecule has 0 aromatic rings. The van der Waals surface area contributed by atoms with E-state index in [-0.39, 0.29) is 11.9 Å². The molecule has 1 N–H and O–H groups in total. The molecule has 1 aliphatic heterocycles. The topological polar surface area (TPSA) is 32.3 Å². The average Bonchev–Trinajstić information content (AvgIpc) is 2.19. The number of carbonyl (C=O) groups excluding carboxylic acids is 1. The smallest absolute Gasteiger partial charge is 0.234 e. The van der Waals surface area contributed by atoms with E-state index in [1.807, 2.05) is 13.8 Å². The molecular formula is C14H28N2O. The van der Waals surface area contributed by atoms with Crippen molar-refractivity contribution in [2.75, 3.05) is 13.1 Å². The van der Waals surface area contributed by atoms with Crippen molar-refractivity contribution in [3.8, 4) is 0 Å². The van der Waals surface area contributed by atoms with Gasteiger partial charge in [0.1, 0.15) is 0 Å².